The number of hydrogen-bond donors (Lipinski definition) is 1. The molecule has 0 atom stereocenters. The highest BCUT2D eigenvalue weighted by molar-refractivity contribution is 7.90. The third-order valence-electron chi connectivity index (χ3n) is 5.98. The fourth-order valence-electron chi connectivity index (χ4n) is 4.12. The van der Waals surface area contributed by atoms with E-state index >= 15 is 0 Å². The summed E-state index contributed by atoms with van der Waals surface area (Å²) >= 11 is 6.06. The number of fused-ring (bicyclic) bond motifs is 1. The van der Waals surface area contributed by atoms with Crippen LogP contribution in [0.3, 0.4) is 0 Å². The molecule has 0 aliphatic carbocycles. The van der Waals surface area contributed by atoms with E-state index in [0.29, 0.717) is 35.4 Å². The number of halogens is 2. The molecule has 0 bridgehead atoms. The molecule has 1 N–H and O–H groups in total. The van der Waals surface area contributed by atoms with E-state index in [1.165, 1.54) is 24.4 Å². The van der Waals surface area contributed by atoms with Gasteiger partial charge in [0.05, 0.1) is 24.9 Å². The van der Waals surface area contributed by atoms with Gasteiger partial charge in [0, 0.05) is 34.2 Å². The zero-order valence-electron chi connectivity index (χ0n) is 20.3. The van der Waals surface area contributed by atoms with Crippen molar-refractivity contribution in [2.75, 3.05) is 20.8 Å². The van der Waals surface area contributed by atoms with E-state index in [9.17, 15) is 17.6 Å². The van der Waals surface area contributed by atoms with Gasteiger partial charge in [-0.3, -0.25) is 4.79 Å². The molecule has 0 saturated carbocycles. The zero-order chi connectivity index (χ0) is 26.6. The Morgan fingerprint density at radius 2 is 1.78 bits per heavy atom. The second-order valence-corrected chi connectivity index (χ2v) is 10.8. The maximum Gasteiger partial charge on any atom is 0.239 e. The zero-order valence-corrected chi connectivity index (χ0v) is 21.9. The van der Waals surface area contributed by atoms with Gasteiger partial charge in [0.25, 0.3) is 0 Å². The van der Waals surface area contributed by atoms with E-state index < -0.39 is 21.4 Å². The molecule has 4 rings (SSSR count). The number of amides is 1. The van der Waals surface area contributed by atoms with Crippen LogP contribution >= 0.6 is 11.6 Å². The average molecular weight is 545 g/mol. The van der Waals surface area contributed by atoms with Gasteiger partial charge in [-0.05, 0) is 42.3 Å². The van der Waals surface area contributed by atoms with Crippen LogP contribution in [0.5, 0.6) is 11.5 Å². The fraction of sp³-hybridized carbons (Fsp3) is 0.222. The summed E-state index contributed by atoms with van der Waals surface area (Å²) in [6.07, 6.45) is 1.99. The molecule has 3 aromatic carbocycles. The van der Waals surface area contributed by atoms with Crippen molar-refractivity contribution in [3.8, 4) is 11.5 Å². The van der Waals surface area contributed by atoms with Crippen molar-refractivity contribution in [3.63, 3.8) is 0 Å². The third-order valence-corrected chi connectivity index (χ3v) is 8.00. The first kappa shape index (κ1) is 26.5. The largest absolute Gasteiger partial charge is 0.493 e. The van der Waals surface area contributed by atoms with Crippen LogP contribution in [-0.4, -0.2) is 39.7 Å². The van der Waals surface area contributed by atoms with Gasteiger partial charge in [0.15, 0.2) is 21.3 Å². The van der Waals surface area contributed by atoms with E-state index in [0.717, 1.165) is 5.56 Å². The van der Waals surface area contributed by atoms with Crippen LogP contribution in [0.25, 0.3) is 10.9 Å². The minimum atomic E-state index is -3.96. The van der Waals surface area contributed by atoms with Crippen molar-refractivity contribution in [3.05, 3.63) is 88.8 Å². The molecule has 1 heterocycles. The van der Waals surface area contributed by atoms with E-state index in [-0.39, 0.29) is 27.9 Å². The molecule has 4 aromatic rings. The highest BCUT2D eigenvalue weighted by Gasteiger charge is 2.25. The first-order valence-corrected chi connectivity index (χ1v) is 13.5. The molecule has 0 radical (unpaired) electrons. The molecular formula is C27H26ClFN2O5S. The highest BCUT2D eigenvalue weighted by atomic mass is 35.5. The van der Waals surface area contributed by atoms with Gasteiger partial charge in [0.2, 0.25) is 5.91 Å². The molecule has 0 aliphatic rings. The summed E-state index contributed by atoms with van der Waals surface area (Å²) in [5.74, 6) is -0.325. The molecular weight excluding hydrogens is 519 g/mol. The molecule has 0 unspecified atom stereocenters. The van der Waals surface area contributed by atoms with Crippen LogP contribution in [0.15, 0.2) is 71.8 Å². The minimum Gasteiger partial charge on any atom is -0.493 e. The lowest BCUT2D eigenvalue weighted by molar-refractivity contribution is -0.121. The second-order valence-electron chi connectivity index (χ2n) is 8.39. The van der Waals surface area contributed by atoms with Crippen LogP contribution < -0.4 is 14.8 Å². The number of sulfone groups is 1. The van der Waals surface area contributed by atoms with Crippen LogP contribution in [0.2, 0.25) is 5.02 Å². The molecule has 1 aromatic heterocycles. The number of rotatable bonds is 10. The number of carbonyl (C=O) groups is 1. The number of carbonyl (C=O) groups excluding carboxylic acids is 1. The lowest BCUT2D eigenvalue weighted by Crippen LogP contribution is -2.29. The normalized spacial score (nSPS) is 11.5. The Bertz CT molecular complexity index is 1530. The van der Waals surface area contributed by atoms with Crippen LogP contribution in [0.4, 0.5) is 4.39 Å². The third kappa shape index (κ3) is 5.89. The monoisotopic (exact) mass is 544 g/mol. The minimum absolute atomic E-state index is 0.0144. The number of nitrogens with one attached hydrogen (secondary N) is 1. The summed E-state index contributed by atoms with van der Waals surface area (Å²) < 4.78 is 53.0. The smallest absolute Gasteiger partial charge is 0.239 e. The standard InChI is InChI=1S/C27H26ClFN2O5S/c1-35-24-11-10-18(14-25(24)36-2)12-13-30-27(32)16-31-15-26(19-6-3-4-9-23(19)31)37(33,34)17-20-21(28)7-5-8-22(20)29/h3-11,14-15H,12-13,16-17H2,1-2H3,(H,30,32). The van der Waals surface area contributed by atoms with E-state index in [4.69, 9.17) is 21.1 Å². The number of hydrogen-bond acceptors (Lipinski definition) is 5. The van der Waals surface area contributed by atoms with Crippen LogP contribution in [0.1, 0.15) is 11.1 Å². The molecule has 0 fully saturated rings. The number of ether oxygens (including phenoxy) is 2. The lowest BCUT2D eigenvalue weighted by atomic mass is 10.1. The number of para-hydroxylation sites is 1. The summed E-state index contributed by atoms with van der Waals surface area (Å²) in [6.45, 7) is 0.298. The average Bonchev–Trinajstić information content (AvgIpc) is 3.25. The van der Waals surface area contributed by atoms with Gasteiger partial charge in [-0.1, -0.05) is 41.9 Å². The van der Waals surface area contributed by atoms with Gasteiger partial charge in [0.1, 0.15) is 12.4 Å². The molecule has 7 nitrogen and oxygen atoms in total. The second kappa shape index (κ2) is 11.2. The maximum absolute atomic E-state index is 14.3. The predicted molar refractivity (Wildman–Crippen MR) is 140 cm³/mol. The Morgan fingerprint density at radius 1 is 1.03 bits per heavy atom. The van der Waals surface area contributed by atoms with Crippen molar-refractivity contribution in [1.29, 1.82) is 0 Å². The van der Waals surface area contributed by atoms with Crippen LogP contribution in [0, 0.1) is 5.82 Å². The van der Waals surface area contributed by atoms with Crippen molar-refractivity contribution >= 4 is 38.2 Å². The quantitative estimate of drug-likeness (QED) is 0.310. The fourth-order valence-corrected chi connectivity index (χ4v) is 6.06. The van der Waals surface area contributed by atoms with Crippen molar-refractivity contribution in [2.24, 2.45) is 0 Å². The van der Waals surface area contributed by atoms with Crippen molar-refractivity contribution in [2.45, 2.75) is 23.6 Å². The number of aromatic nitrogens is 1. The molecule has 10 heteroatoms. The van der Waals surface area contributed by atoms with Gasteiger partial charge < -0.3 is 19.4 Å². The number of benzene rings is 3. The van der Waals surface area contributed by atoms with Gasteiger partial charge in [-0.25, -0.2) is 12.8 Å². The van der Waals surface area contributed by atoms with Crippen molar-refractivity contribution in [1.82, 2.24) is 9.88 Å². The topological polar surface area (TPSA) is 86.6 Å². The summed E-state index contributed by atoms with van der Waals surface area (Å²) in [4.78, 5) is 12.7. The summed E-state index contributed by atoms with van der Waals surface area (Å²) in [5, 5.41) is 3.36. The maximum atomic E-state index is 14.3. The number of nitrogens with zero attached hydrogens (tertiary/aromatic N) is 1. The Balaban J connectivity index is 1.50. The highest BCUT2D eigenvalue weighted by Crippen LogP contribution is 2.31. The SMILES string of the molecule is COc1ccc(CCNC(=O)Cn2cc(S(=O)(=O)Cc3c(F)cccc3Cl)c3ccccc32)cc1OC. The Kier molecular flexibility index (Phi) is 8.04. The molecule has 37 heavy (non-hydrogen) atoms. The molecule has 0 aliphatic heterocycles. The van der Waals surface area contributed by atoms with E-state index in [2.05, 4.69) is 5.32 Å². The Hall–Kier alpha value is -3.56. The van der Waals surface area contributed by atoms with Gasteiger partial charge in [-0.2, -0.15) is 0 Å². The van der Waals surface area contributed by atoms with Gasteiger partial charge >= 0.3 is 0 Å². The van der Waals surface area contributed by atoms with E-state index in [1.807, 2.05) is 12.1 Å². The summed E-state index contributed by atoms with van der Waals surface area (Å²) in [6, 6.07) is 16.5. The van der Waals surface area contributed by atoms with Gasteiger partial charge in [-0.15, -0.1) is 0 Å². The van der Waals surface area contributed by atoms with E-state index in [1.54, 1.807) is 49.1 Å². The first-order chi connectivity index (χ1) is 17.7. The number of methoxy groups -OCH3 is 2. The first-order valence-electron chi connectivity index (χ1n) is 11.4. The summed E-state index contributed by atoms with van der Waals surface area (Å²) in [7, 11) is -0.841. The Morgan fingerprint density at radius 3 is 2.51 bits per heavy atom. The van der Waals surface area contributed by atoms with Crippen LogP contribution in [-0.2, 0) is 33.4 Å². The molecule has 194 valence electrons. The molecule has 1 amide bonds. The molecule has 0 spiro atoms. The van der Waals surface area contributed by atoms with Crippen molar-refractivity contribution < 1.29 is 27.1 Å². The predicted octanol–water partition coefficient (Wildman–Crippen LogP) is 4.78. The lowest BCUT2D eigenvalue weighted by Gasteiger charge is -2.10. The Labute approximate surface area is 219 Å². The summed E-state index contributed by atoms with van der Waals surface area (Å²) in [5.41, 5.74) is 1.45. The molecule has 0 saturated heterocycles.